The third kappa shape index (κ3) is 5.02. The highest BCUT2D eigenvalue weighted by Crippen LogP contribution is 2.31. The molecule has 4 aromatic rings. The summed E-state index contributed by atoms with van der Waals surface area (Å²) in [4.78, 5) is 12.6. The largest absolute Gasteiger partial charge is 0.495 e. The van der Waals surface area contributed by atoms with Gasteiger partial charge in [0.25, 0.3) is 15.9 Å². The number of amides is 1. The van der Waals surface area contributed by atoms with E-state index >= 15 is 0 Å². The van der Waals surface area contributed by atoms with Crippen LogP contribution < -0.4 is 14.8 Å². The van der Waals surface area contributed by atoms with Gasteiger partial charge in [0.1, 0.15) is 10.6 Å². The molecule has 0 fully saturated rings. The Balaban J connectivity index is 1.57. The summed E-state index contributed by atoms with van der Waals surface area (Å²) in [7, 11) is -2.68. The maximum Gasteiger partial charge on any atom is 0.265 e. The molecule has 1 aromatic heterocycles. The van der Waals surface area contributed by atoms with Crippen molar-refractivity contribution in [2.24, 2.45) is 0 Å². The number of nitrogens with one attached hydrogen (secondary N) is 2. The number of aromatic nitrogens is 1. The highest BCUT2D eigenvalue weighted by molar-refractivity contribution is 7.92. The number of methoxy groups -OCH3 is 1. The van der Waals surface area contributed by atoms with Gasteiger partial charge in [0, 0.05) is 29.3 Å². The van der Waals surface area contributed by atoms with Crippen LogP contribution in [0.5, 0.6) is 5.75 Å². The van der Waals surface area contributed by atoms with Gasteiger partial charge >= 0.3 is 0 Å². The van der Waals surface area contributed by atoms with Crippen molar-refractivity contribution >= 4 is 38.9 Å². The average Bonchev–Trinajstić information content (AvgIpc) is 3.35. The molecule has 0 unspecified atom stereocenters. The summed E-state index contributed by atoms with van der Waals surface area (Å²) in [6, 6.07) is 21.8. The van der Waals surface area contributed by atoms with Crippen molar-refractivity contribution in [2.45, 2.75) is 4.90 Å². The Morgan fingerprint density at radius 3 is 2.30 bits per heavy atom. The van der Waals surface area contributed by atoms with Crippen molar-refractivity contribution in [1.82, 2.24) is 4.57 Å². The Hall–Kier alpha value is -3.75. The first kappa shape index (κ1) is 22.4. The zero-order valence-corrected chi connectivity index (χ0v) is 19.1. The summed E-state index contributed by atoms with van der Waals surface area (Å²) >= 11 is 6.09. The molecule has 0 aliphatic rings. The predicted molar refractivity (Wildman–Crippen MR) is 129 cm³/mol. The fraction of sp³-hybridized carbons (Fsp3) is 0.0417. The van der Waals surface area contributed by atoms with Crippen LogP contribution in [0, 0.1) is 0 Å². The van der Waals surface area contributed by atoms with Crippen molar-refractivity contribution < 1.29 is 17.9 Å². The van der Waals surface area contributed by atoms with Crippen LogP contribution in [-0.4, -0.2) is 26.0 Å². The van der Waals surface area contributed by atoms with E-state index in [1.807, 2.05) is 41.2 Å². The van der Waals surface area contributed by atoms with E-state index in [9.17, 15) is 13.2 Å². The second-order valence-corrected chi connectivity index (χ2v) is 9.10. The number of halogens is 1. The lowest BCUT2D eigenvalue weighted by molar-refractivity contribution is 0.102. The molecule has 0 atom stereocenters. The number of rotatable bonds is 7. The minimum atomic E-state index is -4.05. The maximum atomic E-state index is 13.0. The van der Waals surface area contributed by atoms with Gasteiger partial charge in [-0.05, 0) is 66.7 Å². The third-order valence-corrected chi connectivity index (χ3v) is 6.58. The standard InChI is InChI=1S/C24H20ClN3O4S/c1-32-22-13-10-18(16-23(22)33(30,31)27-21-7-3-2-6-20(21)25)26-24(29)17-8-11-19(12-9-17)28-14-4-5-15-28/h2-16,27H,1H3,(H,26,29). The lowest BCUT2D eigenvalue weighted by atomic mass is 10.2. The second-order valence-electron chi connectivity index (χ2n) is 7.04. The summed E-state index contributed by atoms with van der Waals surface area (Å²) < 4.78 is 35.7. The van der Waals surface area contributed by atoms with Crippen molar-refractivity contribution in [3.63, 3.8) is 0 Å². The predicted octanol–water partition coefficient (Wildman–Crippen LogP) is 5.19. The van der Waals surface area contributed by atoms with Crippen molar-refractivity contribution in [3.8, 4) is 11.4 Å². The van der Waals surface area contributed by atoms with Gasteiger partial charge in [-0.25, -0.2) is 8.42 Å². The highest BCUT2D eigenvalue weighted by Gasteiger charge is 2.22. The van der Waals surface area contributed by atoms with Crippen LogP contribution in [-0.2, 0) is 10.0 Å². The van der Waals surface area contributed by atoms with Crippen LogP contribution in [0.3, 0.4) is 0 Å². The van der Waals surface area contributed by atoms with Gasteiger partial charge in [0.15, 0.2) is 0 Å². The van der Waals surface area contributed by atoms with E-state index in [0.29, 0.717) is 11.3 Å². The van der Waals surface area contributed by atoms with E-state index in [1.54, 1.807) is 42.5 Å². The molecule has 0 spiro atoms. The molecule has 0 radical (unpaired) electrons. The third-order valence-electron chi connectivity index (χ3n) is 4.86. The number of nitrogens with zero attached hydrogens (tertiary/aromatic N) is 1. The Kier molecular flexibility index (Phi) is 6.39. The van der Waals surface area contributed by atoms with Crippen LogP contribution in [0.4, 0.5) is 11.4 Å². The number of carbonyl (C=O) groups is 1. The quantitative estimate of drug-likeness (QED) is 0.380. The first-order valence-electron chi connectivity index (χ1n) is 9.87. The molecule has 1 heterocycles. The normalized spacial score (nSPS) is 11.1. The molecule has 1 amide bonds. The van der Waals surface area contributed by atoms with E-state index in [4.69, 9.17) is 16.3 Å². The molecule has 2 N–H and O–H groups in total. The molecule has 0 saturated heterocycles. The molecule has 3 aromatic carbocycles. The van der Waals surface area contributed by atoms with Gasteiger partial charge in [0.05, 0.1) is 17.8 Å². The topological polar surface area (TPSA) is 89.4 Å². The first-order chi connectivity index (χ1) is 15.9. The first-order valence-corrected chi connectivity index (χ1v) is 11.7. The van der Waals surface area contributed by atoms with Crippen LogP contribution in [0.2, 0.25) is 5.02 Å². The number of benzene rings is 3. The lowest BCUT2D eigenvalue weighted by Gasteiger charge is -2.14. The van der Waals surface area contributed by atoms with Crippen molar-refractivity contribution in [1.29, 1.82) is 0 Å². The molecule has 168 valence electrons. The number of para-hydroxylation sites is 1. The van der Waals surface area contributed by atoms with E-state index in [0.717, 1.165) is 5.69 Å². The van der Waals surface area contributed by atoms with E-state index in [2.05, 4.69) is 10.0 Å². The number of anilines is 2. The van der Waals surface area contributed by atoms with Crippen molar-refractivity contribution in [3.05, 3.63) is 102 Å². The fourth-order valence-electron chi connectivity index (χ4n) is 3.20. The Bertz CT molecular complexity index is 1390. The van der Waals surface area contributed by atoms with Crippen LogP contribution in [0.15, 0.2) is 96.2 Å². The van der Waals surface area contributed by atoms with E-state index in [-0.39, 0.29) is 27.3 Å². The molecule has 0 aliphatic carbocycles. The summed E-state index contributed by atoms with van der Waals surface area (Å²) in [5.74, 6) is -0.245. The van der Waals surface area contributed by atoms with Crippen LogP contribution >= 0.6 is 11.6 Å². The van der Waals surface area contributed by atoms with Crippen molar-refractivity contribution in [2.75, 3.05) is 17.1 Å². The lowest BCUT2D eigenvalue weighted by Crippen LogP contribution is -2.16. The van der Waals surface area contributed by atoms with Gasteiger partial charge < -0.3 is 14.6 Å². The molecule has 4 rings (SSSR count). The smallest absolute Gasteiger partial charge is 0.265 e. The summed E-state index contributed by atoms with van der Waals surface area (Å²) in [5, 5.41) is 2.99. The number of carbonyl (C=O) groups excluding carboxylic acids is 1. The molecule has 7 nitrogen and oxygen atoms in total. The number of sulfonamides is 1. The monoisotopic (exact) mass is 481 g/mol. The molecular weight excluding hydrogens is 462 g/mol. The zero-order valence-electron chi connectivity index (χ0n) is 17.5. The molecule has 9 heteroatoms. The summed E-state index contributed by atoms with van der Waals surface area (Å²) in [5.41, 5.74) is 1.88. The number of hydrogen-bond donors (Lipinski definition) is 2. The Labute approximate surface area is 196 Å². The van der Waals surface area contributed by atoms with Crippen LogP contribution in [0.25, 0.3) is 5.69 Å². The minimum absolute atomic E-state index is 0.128. The SMILES string of the molecule is COc1ccc(NC(=O)c2ccc(-n3cccc3)cc2)cc1S(=O)(=O)Nc1ccccc1Cl. The minimum Gasteiger partial charge on any atom is -0.495 e. The number of ether oxygens (including phenoxy) is 1. The molecule has 0 saturated carbocycles. The molecular formula is C24H20ClN3O4S. The molecule has 0 aliphatic heterocycles. The Morgan fingerprint density at radius 1 is 0.939 bits per heavy atom. The van der Waals surface area contributed by atoms with Crippen LogP contribution in [0.1, 0.15) is 10.4 Å². The highest BCUT2D eigenvalue weighted by atomic mass is 35.5. The van der Waals surface area contributed by atoms with Gasteiger partial charge in [0.2, 0.25) is 0 Å². The number of hydrogen-bond acceptors (Lipinski definition) is 4. The van der Waals surface area contributed by atoms with E-state index in [1.165, 1.54) is 19.2 Å². The average molecular weight is 482 g/mol. The van der Waals surface area contributed by atoms with Gasteiger partial charge in [-0.1, -0.05) is 23.7 Å². The summed E-state index contributed by atoms with van der Waals surface area (Å²) in [6.45, 7) is 0. The van der Waals surface area contributed by atoms with Gasteiger partial charge in [-0.15, -0.1) is 0 Å². The van der Waals surface area contributed by atoms with Gasteiger partial charge in [-0.2, -0.15) is 0 Å². The van der Waals surface area contributed by atoms with Gasteiger partial charge in [-0.3, -0.25) is 9.52 Å². The van der Waals surface area contributed by atoms with E-state index < -0.39 is 10.0 Å². The molecule has 33 heavy (non-hydrogen) atoms. The Morgan fingerprint density at radius 2 is 1.64 bits per heavy atom. The molecule has 0 bridgehead atoms. The summed E-state index contributed by atoms with van der Waals surface area (Å²) in [6.07, 6.45) is 3.82. The zero-order chi connectivity index (χ0) is 23.4. The second kappa shape index (κ2) is 9.40. The fourth-order valence-corrected chi connectivity index (χ4v) is 4.72. The maximum absolute atomic E-state index is 13.0.